The summed E-state index contributed by atoms with van der Waals surface area (Å²) < 4.78 is 12.0. The molecule has 0 saturated carbocycles. The summed E-state index contributed by atoms with van der Waals surface area (Å²) in [7, 11) is 4.00. The van der Waals surface area contributed by atoms with Crippen LogP contribution in [-0.2, 0) is 16.6 Å². The largest absolute Gasteiger partial charge is 0.497 e. The Bertz CT molecular complexity index is 706. The molecule has 1 spiro atoms. The quantitative estimate of drug-likeness (QED) is 0.793. The minimum Gasteiger partial charge on any atom is -0.497 e. The predicted octanol–water partition coefficient (Wildman–Crippen LogP) is 3.44. The van der Waals surface area contributed by atoms with E-state index in [1.54, 1.807) is 7.11 Å². The molecule has 1 saturated heterocycles. The minimum absolute atomic E-state index is 0.0153. The molecule has 2 aliphatic carbocycles. The van der Waals surface area contributed by atoms with Gasteiger partial charge in [-0.05, 0) is 49.7 Å². The molecule has 4 aliphatic rings. The van der Waals surface area contributed by atoms with Gasteiger partial charge in [0.15, 0.2) is 6.10 Å². The first-order valence-electron chi connectivity index (χ1n) is 8.71. The average molecular weight is 311 g/mol. The molecule has 0 amide bonds. The van der Waals surface area contributed by atoms with Crippen LogP contribution >= 0.6 is 0 Å². The number of ether oxygens (including phenoxy) is 2. The maximum atomic E-state index is 6.36. The Kier molecular flexibility index (Phi) is 3.31. The normalized spacial score (nSPS) is 32.7. The van der Waals surface area contributed by atoms with E-state index in [2.05, 4.69) is 42.3 Å². The van der Waals surface area contributed by atoms with E-state index in [0.717, 1.165) is 30.9 Å². The van der Waals surface area contributed by atoms with Crippen molar-refractivity contribution in [1.29, 1.82) is 0 Å². The van der Waals surface area contributed by atoms with Crippen LogP contribution in [0.3, 0.4) is 0 Å². The smallest absolute Gasteiger partial charge is 0.169 e. The molecule has 23 heavy (non-hydrogen) atoms. The Morgan fingerprint density at radius 1 is 1.26 bits per heavy atom. The summed E-state index contributed by atoms with van der Waals surface area (Å²) in [6.07, 6.45) is 6.64. The molecule has 0 radical (unpaired) electrons. The van der Waals surface area contributed by atoms with Crippen molar-refractivity contribution in [2.45, 2.75) is 44.2 Å². The van der Waals surface area contributed by atoms with Gasteiger partial charge in [-0.15, -0.1) is 0 Å². The highest BCUT2D eigenvalue weighted by Gasteiger charge is 2.61. The van der Waals surface area contributed by atoms with Gasteiger partial charge in [-0.3, -0.25) is 4.90 Å². The summed E-state index contributed by atoms with van der Waals surface area (Å²) in [6.45, 7) is 5.12. The van der Waals surface area contributed by atoms with E-state index >= 15 is 0 Å². The van der Waals surface area contributed by atoms with Gasteiger partial charge in [0.05, 0.1) is 12.5 Å². The maximum absolute atomic E-state index is 6.36. The van der Waals surface area contributed by atoms with Crippen molar-refractivity contribution in [2.75, 3.05) is 20.7 Å². The molecule has 0 aromatic heterocycles. The van der Waals surface area contributed by atoms with Gasteiger partial charge in [-0.2, -0.15) is 0 Å². The van der Waals surface area contributed by atoms with Crippen LogP contribution in [-0.4, -0.2) is 37.7 Å². The molecule has 2 heterocycles. The van der Waals surface area contributed by atoms with Crippen LogP contribution in [0.1, 0.15) is 31.4 Å². The van der Waals surface area contributed by atoms with E-state index in [0.29, 0.717) is 6.04 Å². The van der Waals surface area contributed by atoms with Gasteiger partial charge in [0.25, 0.3) is 0 Å². The van der Waals surface area contributed by atoms with Crippen LogP contribution < -0.4 is 4.74 Å². The third kappa shape index (κ3) is 1.69. The van der Waals surface area contributed by atoms with Gasteiger partial charge in [-0.25, -0.2) is 0 Å². The minimum atomic E-state index is 0.0153. The first-order valence-corrected chi connectivity index (χ1v) is 8.71. The highest BCUT2D eigenvalue weighted by atomic mass is 16.5. The first-order chi connectivity index (χ1) is 11.3. The summed E-state index contributed by atoms with van der Waals surface area (Å²) in [6, 6.07) is 7.03. The van der Waals surface area contributed by atoms with Gasteiger partial charge in [0.1, 0.15) is 11.5 Å². The molecular weight excluding hydrogens is 286 g/mol. The molecule has 0 N–H and O–H groups in total. The van der Waals surface area contributed by atoms with Crippen LogP contribution in [0.4, 0.5) is 0 Å². The highest BCUT2D eigenvalue weighted by molar-refractivity contribution is 5.63. The van der Waals surface area contributed by atoms with E-state index in [4.69, 9.17) is 9.47 Å². The number of nitrogens with zero attached hydrogens (tertiary/aromatic N) is 1. The van der Waals surface area contributed by atoms with E-state index in [1.807, 2.05) is 13.8 Å². The fraction of sp³-hybridized carbons (Fsp3) is 0.500. The van der Waals surface area contributed by atoms with Crippen molar-refractivity contribution < 1.29 is 9.47 Å². The number of likely N-dealkylation sites (tertiary alicyclic amines) is 1. The summed E-state index contributed by atoms with van der Waals surface area (Å²) in [5.41, 5.74) is 4.44. The average Bonchev–Trinajstić information content (AvgIpc) is 2.94. The number of likely N-dealkylation sites (N-methyl/N-ethyl adjacent to an activating group) is 1. The van der Waals surface area contributed by atoms with Crippen molar-refractivity contribution in [2.24, 2.45) is 0 Å². The monoisotopic (exact) mass is 311 g/mol. The molecule has 2 aliphatic heterocycles. The lowest BCUT2D eigenvalue weighted by molar-refractivity contribution is 0.0743. The van der Waals surface area contributed by atoms with E-state index in [1.165, 1.54) is 16.7 Å². The summed E-state index contributed by atoms with van der Waals surface area (Å²) in [5.74, 6) is 2.03. The highest BCUT2D eigenvalue weighted by Crippen LogP contribution is 2.60. The van der Waals surface area contributed by atoms with Crippen LogP contribution in [0, 0.1) is 0 Å². The molecule has 3 atom stereocenters. The third-order valence-corrected chi connectivity index (χ3v) is 5.85. The number of allylic oxidation sites excluding steroid dienone is 2. The number of methoxy groups -OCH3 is 1. The topological polar surface area (TPSA) is 21.7 Å². The van der Waals surface area contributed by atoms with Crippen molar-refractivity contribution in [3.05, 3.63) is 52.8 Å². The first kappa shape index (κ1) is 14.8. The van der Waals surface area contributed by atoms with Crippen molar-refractivity contribution >= 4 is 0 Å². The van der Waals surface area contributed by atoms with Crippen LogP contribution in [0.2, 0.25) is 0 Å². The van der Waals surface area contributed by atoms with Gasteiger partial charge in [0, 0.05) is 11.6 Å². The Hall–Kier alpha value is -1.74. The number of hydrogen-bond acceptors (Lipinski definition) is 3. The Balaban J connectivity index is 0.000000652. The zero-order valence-corrected chi connectivity index (χ0v) is 14.4. The molecule has 2 bridgehead atoms. The van der Waals surface area contributed by atoms with Crippen molar-refractivity contribution in [3.63, 3.8) is 0 Å². The lowest BCUT2D eigenvalue weighted by atomic mass is 9.57. The van der Waals surface area contributed by atoms with E-state index in [-0.39, 0.29) is 11.5 Å². The maximum Gasteiger partial charge on any atom is 0.169 e. The number of benzene rings is 1. The van der Waals surface area contributed by atoms with Gasteiger partial charge in [-0.1, -0.05) is 32.1 Å². The van der Waals surface area contributed by atoms with Crippen LogP contribution in [0.15, 0.2) is 41.7 Å². The molecule has 1 fully saturated rings. The molecule has 1 aromatic carbocycles. The second-order valence-electron chi connectivity index (χ2n) is 6.61. The second kappa shape index (κ2) is 5.13. The van der Waals surface area contributed by atoms with Gasteiger partial charge < -0.3 is 9.47 Å². The van der Waals surface area contributed by atoms with Crippen molar-refractivity contribution in [3.8, 4) is 5.75 Å². The predicted molar refractivity (Wildman–Crippen MR) is 91.8 cm³/mol. The lowest BCUT2D eigenvalue weighted by Gasteiger charge is -2.52. The Morgan fingerprint density at radius 3 is 2.87 bits per heavy atom. The molecule has 122 valence electrons. The molecule has 5 rings (SSSR count). The molecule has 3 heteroatoms. The second-order valence-corrected chi connectivity index (χ2v) is 6.61. The van der Waals surface area contributed by atoms with E-state index in [9.17, 15) is 0 Å². The molecule has 1 aromatic rings. The SMILES string of the molecule is CC.COC1=CC=C2C3Cc4cccc5c4[C@@]2(CCN3C)[C@H]1O5. The summed E-state index contributed by atoms with van der Waals surface area (Å²) >= 11 is 0. The number of hydrogen-bond donors (Lipinski definition) is 0. The lowest BCUT2D eigenvalue weighted by Crippen LogP contribution is -2.58. The Labute approximate surface area is 138 Å². The number of piperidine rings is 1. The summed E-state index contributed by atoms with van der Waals surface area (Å²) in [5, 5.41) is 0. The van der Waals surface area contributed by atoms with Gasteiger partial charge in [0.2, 0.25) is 0 Å². The fourth-order valence-electron chi connectivity index (χ4n) is 4.92. The molecular formula is C20H25NO2. The fourth-order valence-corrected chi connectivity index (χ4v) is 4.92. The summed E-state index contributed by atoms with van der Waals surface area (Å²) in [4.78, 5) is 2.49. The van der Waals surface area contributed by atoms with Gasteiger partial charge >= 0.3 is 0 Å². The van der Waals surface area contributed by atoms with Crippen LogP contribution in [0.25, 0.3) is 0 Å². The van der Waals surface area contributed by atoms with E-state index < -0.39 is 0 Å². The van der Waals surface area contributed by atoms with Crippen LogP contribution in [0.5, 0.6) is 5.75 Å². The number of rotatable bonds is 1. The van der Waals surface area contributed by atoms with Crippen molar-refractivity contribution in [1.82, 2.24) is 4.90 Å². The zero-order valence-electron chi connectivity index (χ0n) is 14.4. The molecule has 3 nitrogen and oxygen atoms in total. The Morgan fingerprint density at radius 2 is 2.09 bits per heavy atom. The molecule has 1 unspecified atom stereocenters. The third-order valence-electron chi connectivity index (χ3n) is 5.85. The zero-order chi connectivity index (χ0) is 16.2. The standard InChI is InChI=1S/C18H19NO2.C2H6/c1-19-9-8-18-12-6-7-15(20-2)17(18)21-14-5-3-4-11(16(14)18)10-13(12)19;1-2/h3-7,13,17H,8-10H2,1-2H3;1-2H3/t13?,17-,18-;/m0./s1.